The number of carbonyl (C=O) groups excluding carboxylic acids is 1. The minimum absolute atomic E-state index is 0.319. The lowest BCUT2D eigenvalue weighted by molar-refractivity contribution is 0.102. The van der Waals surface area contributed by atoms with Crippen LogP contribution in [-0.2, 0) is 13.0 Å². The summed E-state index contributed by atoms with van der Waals surface area (Å²) in [4.78, 5) is 12.4. The zero-order chi connectivity index (χ0) is 17.1. The molecule has 0 radical (unpaired) electrons. The van der Waals surface area contributed by atoms with E-state index in [1.54, 1.807) is 4.68 Å². The van der Waals surface area contributed by atoms with Crippen LogP contribution >= 0.6 is 0 Å². The second-order valence-electron chi connectivity index (χ2n) is 5.34. The number of para-hydroxylation sites is 1. The van der Waals surface area contributed by atoms with Crippen molar-refractivity contribution >= 4 is 22.6 Å². The molecule has 1 heterocycles. The monoisotopic (exact) mass is 321 g/mol. The highest BCUT2D eigenvalue weighted by Crippen LogP contribution is 2.27. The van der Waals surface area contributed by atoms with Gasteiger partial charge in [-0.2, -0.15) is 5.10 Å². The van der Waals surface area contributed by atoms with Crippen molar-refractivity contribution in [3.05, 3.63) is 59.4 Å². The maximum Gasteiger partial charge on any atom is 0.256 e. The van der Waals surface area contributed by atoms with E-state index >= 15 is 0 Å². The van der Waals surface area contributed by atoms with Gasteiger partial charge in [0, 0.05) is 10.9 Å². The summed E-state index contributed by atoms with van der Waals surface area (Å²) in [5.74, 6) is 2.30. The number of anilines is 1. The van der Waals surface area contributed by atoms with Gasteiger partial charge in [-0.25, -0.2) is 4.39 Å². The van der Waals surface area contributed by atoms with Crippen molar-refractivity contribution in [3.8, 4) is 12.3 Å². The molecule has 0 unspecified atom stereocenters. The molecule has 0 saturated heterocycles. The summed E-state index contributed by atoms with van der Waals surface area (Å²) in [5, 5.41) is 8.06. The van der Waals surface area contributed by atoms with Crippen LogP contribution in [0.25, 0.3) is 10.9 Å². The quantitative estimate of drug-likeness (QED) is 0.746. The normalized spacial score (nSPS) is 10.5. The molecule has 0 aliphatic rings. The molecule has 4 nitrogen and oxygen atoms in total. The van der Waals surface area contributed by atoms with Gasteiger partial charge >= 0.3 is 0 Å². The molecule has 5 heteroatoms. The first-order valence-electron chi connectivity index (χ1n) is 7.62. The lowest BCUT2D eigenvalue weighted by Crippen LogP contribution is -2.12. The van der Waals surface area contributed by atoms with Gasteiger partial charge in [-0.15, -0.1) is 6.42 Å². The molecule has 1 aromatic heterocycles. The average Bonchev–Trinajstić information content (AvgIpc) is 2.93. The van der Waals surface area contributed by atoms with Crippen molar-refractivity contribution in [2.45, 2.75) is 19.9 Å². The second-order valence-corrected chi connectivity index (χ2v) is 5.34. The van der Waals surface area contributed by atoms with E-state index in [1.807, 2.05) is 18.2 Å². The number of fused-ring (bicyclic) bond motifs is 1. The van der Waals surface area contributed by atoms with Crippen LogP contribution in [0.15, 0.2) is 42.5 Å². The van der Waals surface area contributed by atoms with Crippen molar-refractivity contribution < 1.29 is 9.18 Å². The SMILES string of the molecule is C#CCn1nc(NC(=O)c2ccc(F)cc2)c2cccc(CC)c21. The van der Waals surface area contributed by atoms with Gasteiger partial charge in [0.25, 0.3) is 5.91 Å². The molecule has 3 aromatic rings. The van der Waals surface area contributed by atoms with E-state index in [0.717, 1.165) is 22.9 Å². The molecule has 24 heavy (non-hydrogen) atoms. The van der Waals surface area contributed by atoms with Gasteiger partial charge in [0.05, 0.1) is 5.52 Å². The summed E-state index contributed by atoms with van der Waals surface area (Å²) < 4.78 is 14.7. The maximum absolute atomic E-state index is 13.0. The Kier molecular flexibility index (Phi) is 4.30. The van der Waals surface area contributed by atoms with Crippen molar-refractivity contribution in [2.24, 2.45) is 0 Å². The Labute approximate surface area is 139 Å². The molecule has 0 atom stereocenters. The third kappa shape index (κ3) is 2.86. The molecular weight excluding hydrogens is 305 g/mol. The third-order valence-electron chi connectivity index (χ3n) is 3.81. The molecule has 120 valence electrons. The molecule has 2 aromatic carbocycles. The first-order chi connectivity index (χ1) is 11.6. The van der Waals surface area contributed by atoms with E-state index in [-0.39, 0.29) is 11.7 Å². The van der Waals surface area contributed by atoms with E-state index in [0.29, 0.717) is 17.9 Å². The van der Waals surface area contributed by atoms with Crippen molar-refractivity contribution in [2.75, 3.05) is 5.32 Å². The fraction of sp³-hybridized carbons (Fsp3) is 0.158. The lowest BCUT2D eigenvalue weighted by Gasteiger charge is -2.03. The van der Waals surface area contributed by atoms with Crippen LogP contribution < -0.4 is 5.32 Å². The standard InChI is InChI=1S/C19H16FN3O/c1-3-12-23-17-13(4-2)6-5-7-16(17)18(22-23)21-19(24)14-8-10-15(20)11-9-14/h1,5-11H,4,12H2,2H3,(H,21,22,24). The van der Waals surface area contributed by atoms with E-state index in [1.165, 1.54) is 24.3 Å². The number of hydrogen-bond donors (Lipinski definition) is 1. The molecule has 0 bridgehead atoms. The molecular formula is C19H16FN3O. The Morgan fingerprint density at radius 1 is 1.29 bits per heavy atom. The number of carbonyl (C=O) groups is 1. The van der Waals surface area contributed by atoms with Gasteiger partial charge in [-0.3, -0.25) is 9.48 Å². The summed E-state index contributed by atoms with van der Waals surface area (Å²) in [6.07, 6.45) is 6.26. The zero-order valence-corrected chi connectivity index (χ0v) is 13.2. The van der Waals surface area contributed by atoms with Crippen LogP contribution in [0.2, 0.25) is 0 Å². The minimum Gasteiger partial charge on any atom is -0.305 e. The Morgan fingerprint density at radius 2 is 2.04 bits per heavy atom. The van der Waals surface area contributed by atoms with E-state index in [4.69, 9.17) is 6.42 Å². The summed E-state index contributed by atoms with van der Waals surface area (Å²) >= 11 is 0. The Morgan fingerprint density at radius 3 is 2.71 bits per heavy atom. The third-order valence-corrected chi connectivity index (χ3v) is 3.81. The van der Waals surface area contributed by atoms with Gasteiger partial charge in [0.1, 0.15) is 12.4 Å². The van der Waals surface area contributed by atoms with Gasteiger partial charge in [-0.1, -0.05) is 25.0 Å². The van der Waals surface area contributed by atoms with Gasteiger partial charge in [0.15, 0.2) is 5.82 Å². The summed E-state index contributed by atoms with van der Waals surface area (Å²) in [5.41, 5.74) is 2.40. The largest absolute Gasteiger partial charge is 0.305 e. The average molecular weight is 321 g/mol. The Balaban J connectivity index is 2.02. The number of benzene rings is 2. The number of terminal acetylenes is 1. The number of halogens is 1. The number of amides is 1. The van der Waals surface area contributed by atoms with Crippen LogP contribution in [0.4, 0.5) is 10.2 Å². The van der Waals surface area contributed by atoms with E-state index < -0.39 is 0 Å². The predicted octanol–water partition coefficient (Wildman–Crippen LogP) is 3.62. The van der Waals surface area contributed by atoms with E-state index in [9.17, 15) is 9.18 Å². The number of hydrogen-bond acceptors (Lipinski definition) is 2. The fourth-order valence-electron chi connectivity index (χ4n) is 2.67. The number of aromatic nitrogens is 2. The number of nitrogens with one attached hydrogen (secondary N) is 1. The van der Waals surface area contributed by atoms with Gasteiger partial charge in [-0.05, 0) is 42.3 Å². The Bertz CT molecular complexity index is 936. The summed E-state index contributed by atoms with van der Waals surface area (Å²) in [6, 6.07) is 11.2. The van der Waals surface area contributed by atoms with Crippen LogP contribution in [0.3, 0.4) is 0 Å². The Hall–Kier alpha value is -3.13. The van der Waals surface area contributed by atoms with Gasteiger partial charge < -0.3 is 5.32 Å². The van der Waals surface area contributed by atoms with Crippen LogP contribution in [0.1, 0.15) is 22.8 Å². The second kappa shape index (κ2) is 6.55. The molecule has 0 aliphatic heterocycles. The highest BCUT2D eigenvalue weighted by atomic mass is 19.1. The molecule has 1 N–H and O–H groups in total. The first kappa shape index (κ1) is 15.8. The van der Waals surface area contributed by atoms with Crippen molar-refractivity contribution in [1.29, 1.82) is 0 Å². The summed E-state index contributed by atoms with van der Waals surface area (Å²) in [6.45, 7) is 2.37. The topological polar surface area (TPSA) is 46.9 Å². The fourth-order valence-corrected chi connectivity index (χ4v) is 2.67. The van der Waals surface area contributed by atoms with Crippen LogP contribution in [0.5, 0.6) is 0 Å². The number of rotatable bonds is 4. The molecule has 0 spiro atoms. The smallest absolute Gasteiger partial charge is 0.256 e. The lowest BCUT2D eigenvalue weighted by atomic mass is 10.1. The maximum atomic E-state index is 13.0. The number of nitrogens with zero attached hydrogens (tertiary/aromatic N) is 2. The molecule has 3 rings (SSSR count). The van der Waals surface area contributed by atoms with Crippen molar-refractivity contribution in [1.82, 2.24) is 9.78 Å². The highest BCUT2D eigenvalue weighted by Gasteiger charge is 2.15. The molecule has 0 saturated carbocycles. The van der Waals surface area contributed by atoms with Crippen molar-refractivity contribution in [3.63, 3.8) is 0 Å². The molecule has 1 amide bonds. The summed E-state index contributed by atoms with van der Waals surface area (Å²) in [7, 11) is 0. The van der Waals surface area contributed by atoms with Crippen LogP contribution in [0, 0.1) is 18.2 Å². The molecule has 0 fully saturated rings. The van der Waals surface area contributed by atoms with E-state index in [2.05, 4.69) is 23.3 Å². The number of aryl methyl sites for hydroxylation is 1. The van der Waals surface area contributed by atoms with Gasteiger partial charge in [0.2, 0.25) is 0 Å². The minimum atomic E-state index is -0.386. The zero-order valence-electron chi connectivity index (χ0n) is 13.2. The van der Waals surface area contributed by atoms with Crippen LogP contribution in [-0.4, -0.2) is 15.7 Å². The predicted molar refractivity (Wildman–Crippen MR) is 92.3 cm³/mol. The highest BCUT2D eigenvalue weighted by molar-refractivity contribution is 6.08. The molecule has 0 aliphatic carbocycles. The first-order valence-corrected chi connectivity index (χ1v) is 7.62.